The largest absolute Gasteiger partial charge is 0.284 e. The molecule has 0 N–H and O–H groups in total. The molecule has 0 spiro atoms. The van der Waals surface area contributed by atoms with Crippen LogP contribution >= 0.6 is 23.1 Å². The van der Waals surface area contributed by atoms with Crippen molar-refractivity contribution in [2.45, 2.75) is 4.90 Å². The number of rotatable bonds is 2. The second-order valence-electron chi connectivity index (χ2n) is 1.42. The van der Waals surface area contributed by atoms with Crippen LogP contribution in [0.25, 0.3) is 0 Å². The Morgan fingerprint density at radius 3 is 3.00 bits per heavy atom. The predicted octanol–water partition coefficient (Wildman–Crippen LogP) is 1.93. The van der Waals surface area contributed by atoms with Crippen LogP contribution in [0, 0.1) is 0 Å². The molecule has 47 valence electrons. The van der Waals surface area contributed by atoms with Gasteiger partial charge in [-0.25, -0.2) is 0 Å². The molecular formula is C6H5OS2. The fourth-order valence-electron chi connectivity index (χ4n) is 0.533. The summed E-state index contributed by atoms with van der Waals surface area (Å²) in [6.07, 6.45) is 3.82. The second-order valence-corrected chi connectivity index (χ2v) is 3.18. The van der Waals surface area contributed by atoms with Crippen molar-refractivity contribution in [2.75, 3.05) is 6.26 Å². The fraction of sp³-hybridized carbons (Fsp3) is 0.167. The summed E-state index contributed by atoms with van der Waals surface area (Å²) < 4.78 is 0. The van der Waals surface area contributed by atoms with Crippen LogP contribution in [-0.2, 0) is 4.79 Å². The van der Waals surface area contributed by atoms with E-state index in [1.807, 2.05) is 24.0 Å². The molecule has 0 saturated carbocycles. The maximum Gasteiger partial charge on any atom is 0.245 e. The van der Waals surface area contributed by atoms with Crippen LogP contribution in [-0.4, -0.2) is 12.5 Å². The summed E-state index contributed by atoms with van der Waals surface area (Å²) in [5.41, 5.74) is 0. The molecule has 0 aliphatic carbocycles. The summed E-state index contributed by atoms with van der Waals surface area (Å²) in [5, 5.41) is 1.89. The number of thiophene rings is 1. The van der Waals surface area contributed by atoms with Gasteiger partial charge in [-0.3, -0.25) is 4.79 Å². The van der Waals surface area contributed by atoms with Crippen LogP contribution < -0.4 is 0 Å². The summed E-state index contributed by atoms with van der Waals surface area (Å²) in [7, 11) is 0. The van der Waals surface area contributed by atoms with Crippen LogP contribution in [0.2, 0.25) is 0 Å². The van der Waals surface area contributed by atoms with Gasteiger partial charge in [0.2, 0.25) is 6.29 Å². The van der Waals surface area contributed by atoms with Crippen LogP contribution in [0.15, 0.2) is 16.3 Å². The maximum absolute atomic E-state index is 10.1. The van der Waals surface area contributed by atoms with E-state index in [0.717, 1.165) is 4.90 Å². The van der Waals surface area contributed by atoms with Gasteiger partial charge in [-0.05, 0) is 17.7 Å². The van der Waals surface area contributed by atoms with Gasteiger partial charge in [-0.1, -0.05) is 0 Å². The lowest BCUT2D eigenvalue weighted by atomic mass is 10.5. The number of carbonyl (C=O) groups excluding carboxylic acids is 1. The molecule has 0 amide bonds. The topological polar surface area (TPSA) is 17.1 Å². The first-order chi connectivity index (χ1) is 4.38. The van der Waals surface area contributed by atoms with Crippen LogP contribution in [0.1, 0.15) is 4.88 Å². The molecule has 0 bridgehead atoms. The molecule has 1 rings (SSSR count). The van der Waals surface area contributed by atoms with Crippen molar-refractivity contribution < 1.29 is 4.79 Å². The van der Waals surface area contributed by atoms with E-state index in [0.29, 0.717) is 4.88 Å². The fourth-order valence-corrected chi connectivity index (χ4v) is 2.02. The van der Waals surface area contributed by atoms with Crippen molar-refractivity contribution in [3.63, 3.8) is 0 Å². The third-order valence-electron chi connectivity index (χ3n) is 0.942. The van der Waals surface area contributed by atoms with Crippen molar-refractivity contribution in [1.29, 1.82) is 0 Å². The van der Waals surface area contributed by atoms with E-state index < -0.39 is 0 Å². The molecule has 0 saturated heterocycles. The molecule has 0 aliphatic rings. The zero-order chi connectivity index (χ0) is 6.69. The van der Waals surface area contributed by atoms with Gasteiger partial charge in [0, 0.05) is 4.90 Å². The Kier molecular flexibility index (Phi) is 2.30. The molecule has 1 nitrogen and oxygen atoms in total. The zero-order valence-electron chi connectivity index (χ0n) is 4.88. The summed E-state index contributed by atoms with van der Waals surface area (Å²) >= 11 is 3.00. The SMILES string of the molecule is CSc1ccsc1[C]=O. The minimum absolute atomic E-state index is 0.711. The van der Waals surface area contributed by atoms with Crippen LogP contribution in [0.5, 0.6) is 0 Å². The van der Waals surface area contributed by atoms with Crippen molar-refractivity contribution in [1.82, 2.24) is 0 Å². The molecule has 0 atom stereocenters. The molecule has 9 heavy (non-hydrogen) atoms. The highest BCUT2D eigenvalue weighted by atomic mass is 32.2. The highest BCUT2D eigenvalue weighted by Gasteiger charge is 1.99. The minimum atomic E-state index is 0.711. The Morgan fingerprint density at radius 2 is 2.56 bits per heavy atom. The Balaban J connectivity index is 2.98. The van der Waals surface area contributed by atoms with E-state index in [-0.39, 0.29) is 0 Å². The molecule has 0 unspecified atom stereocenters. The highest BCUT2D eigenvalue weighted by Crippen LogP contribution is 2.23. The molecular weight excluding hydrogens is 152 g/mol. The smallest absolute Gasteiger partial charge is 0.245 e. The monoisotopic (exact) mass is 157 g/mol. The number of hydrogen-bond donors (Lipinski definition) is 0. The Bertz CT molecular complexity index is 205. The summed E-state index contributed by atoms with van der Waals surface area (Å²) in [6.45, 7) is 0. The number of thioether (sulfide) groups is 1. The van der Waals surface area contributed by atoms with Gasteiger partial charge in [-0.2, -0.15) is 0 Å². The van der Waals surface area contributed by atoms with Crippen molar-refractivity contribution in [3.05, 3.63) is 16.3 Å². The molecule has 0 aliphatic heterocycles. The van der Waals surface area contributed by atoms with E-state index in [9.17, 15) is 4.79 Å². The van der Waals surface area contributed by atoms with Gasteiger partial charge < -0.3 is 0 Å². The van der Waals surface area contributed by atoms with Crippen molar-refractivity contribution >= 4 is 29.4 Å². The van der Waals surface area contributed by atoms with Crippen LogP contribution in [0.3, 0.4) is 0 Å². The lowest BCUT2D eigenvalue weighted by Gasteiger charge is -1.85. The molecule has 1 radical (unpaired) electrons. The molecule has 0 aromatic carbocycles. The predicted molar refractivity (Wildman–Crippen MR) is 40.9 cm³/mol. The van der Waals surface area contributed by atoms with Gasteiger partial charge in [0.15, 0.2) is 0 Å². The van der Waals surface area contributed by atoms with E-state index in [1.165, 1.54) is 11.3 Å². The number of hydrogen-bond acceptors (Lipinski definition) is 3. The van der Waals surface area contributed by atoms with Gasteiger partial charge in [0.25, 0.3) is 0 Å². The Morgan fingerprint density at radius 1 is 1.78 bits per heavy atom. The summed E-state index contributed by atoms with van der Waals surface area (Å²) in [6, 6.07) is 1.93. The van der Waals surface area contributed by atoms with Crippen LogP contribution in [0.4, 0.5) is 0 Å². The van der Waals surface area contributed by atoms with Crippen molar-refractivity contribution in [3.8, 4) is 0 Å². The van der Waals surface area contributed by atoms with E-state index in [1.54, 1.807) is 11.8 Å². The maximum atomic E-state index is 10.1. The van der Waals surface area contributed by atoms with E-state index >= 15 is 0 Å². The molecule has 1 aromatic rings. The first-order valence-corrected chi connectivity index (χ1v) is 4.48. The van der Waals surface area contributed by atoms with Gasteiger partial charge in [-0.15, -0.1) is 23.1 Å². The third-order valence-corrected chi connectivity index (χ3v) is 2.66. The Labute approximate surface area is 62.1 Å². The lowest BCUT2D eigenvalue weighted by Crippen LogP contribution is -1.72. The van der Waals surface area contributed by atoms with E-state index in [2.05, 4.69) is 0 Å². The second kappa shape index (κ2) is 3.03. The standard InChI is InChI=1S/C6H5OS2/c1-8-5-2-3-9-6(5)4-7/h2-3H,1H3. The zero-order valence-corrected chi connectivity index (χ0v) is 6.51. The Hall–Kier alpha value is -0.280. The van der Waals surface area contributed by atoms with Gasteiger partial charge in [0.1, 0.15) is 0 Å². The van der Waals surface area contributed by atoms with E-state index in [4.69, 9.17) is 0 Å². The average molecular weight is 157 g/mol. The molecule has 3 heteroatoms. The quantitative estimate of drug-likeness (QED) is 0.610. The summed E-state index contributed by atoms with van der Waals surface area (Å²) in [5.74, 6) is 0. The van der Waals surface area contributed by atoms with Gasteiger partial charge >= 0.3 is 0 Å². The molecule has 1 aromatic heterocycles. The highest BCUT2D eigenvalue weighted by molar-refractivity contribution is 7.98. The molecule has 0 fully saturated rings. The summed E-state index contributed by atoms with van der Waals surface area (Å²) in [4.78, 5) is 11.9. The minimum Gasteiger partial charge on any atom is -0.284 e. The molecule has 1 heterocycles. The van der Waals surface area contributed by atoms with Gasteiger partial charge in [0.05, 0.1) is 4.88 Å². The lowest BCUT2D eigenvalue weighted by molar-refractivity contribution is 0.563. The average Bonchev–Trinajstić information content (AvgIpc) is 2.33. The first-order valence-electron chi connectivity index (χ1n) is 2.38. The normalized spacial score (nSPS) is 9.44. The third kappa shape index (κ3) is 1.34. The van der Waals surface area contributed by atoms with Crippen molar-refractivity contribution in [2.24, 2.45) is 0 Å². The first kappa shape index (κ1) is 6.83.